The largest absolute Gasteiger partial charge is 0.352 e. The second-order valence-electron chi connectivity index (χ2n) is 7.06. The van der Waals surface area contributed by atoms with Crippen LogP contribution < -0.4 is 5.32 Å². The van der Waals surface area contributed by atoms with Crippen LogP contribution in [0.5, 0.6) is 0 Å². The maximum absolute atomic E-state index is 12.8. The lowest BCUT2D eigenvalue weighted by Gasteiger charge is -2.30. The van der Waals surface area contributed by atoms with Gasteiger partial charge in [0.1, 0.15) is 0 Å². The summed E-state index contributed by atoms with van der Waals surface area (Å²) in [7, 11) is -3.50. The molecule has 5 nitrogen and oxygen atoms in total. The Morgan fingerprint density at radius 1 is 1.14 bits per heavy atom. The molecule has 0 aliphatic carbocycles. The second kappa shape index (κ2) is 9.11. The van der Waals surface area contributed by atoms with Gasteiger partial charge in [-0.1, -0.05) is 29.8 Å². The van der Waals surface area contributed by atoms with Crippen molar-refractivity contribution in [2.24, 2.45) is 5.92 Å². The Morgan fingerprint density at radius 3 is 2.43 bits per heavy atom. The van der Waals surface area contributed by atoms with Crippen molar-refractivity contribution in [1.82, 2.24) is 9.62 Å². The smallest absolute Gasteiger partial charge is 0.243 e. The van der Waals surface area contributed by atoms with Crippen LogP contribution in [0.15, 0.2) is 58.3 Å². The molecule has 0 radical (unpaired) electrons. The highest BCUT2D eigenvalue weighted by molar-refractivity contribution is 7.98. The summed E-state index contributed by atoms with van der Waals surface area (Å²) in [6, 6.07) is 15.0. The number of carbonyl (C=O) groups is 1. The molecule has 1 heterocycles. The standard InChI is InChI=1S/C21H26N2O3S2/c1-16-4-3-5-17(14-16)15-22-21(24)18-10-12-23(13-11-18)28(25,26)20-8-6-19(27-2)7-9-20/h3-9,14,18H,10-13,15H2,1-2H3,(H,22,24). The van der Waals surface area contributed by atoms with Crippen LogP contribution in [0.4, 0.5) is 0 Å². The van der Waals surface area contributed by atoms with E-state index in [-0.39, 0.29) is 11.8 Å². The molecule has 1 aliphatic rings. The minimum atomic E-state index is -3.50. The Morgan fingerprint density at radius 2 is 1.82 bits per heavy atom. The van der Waals surface area contributed by atoms with Gasteiger partial charge >= 0.3 is 0 Å². The normalized spacial score (nSPS) is 16.1. The molecule has 1 N–H and O–H groups in total. The SMILES string of the molecule is CSc1ccc(S(=O)(=O)N2CCC(C(=O)NCc3cccc(C)c3)CC2)cc1. The number of sulfonamides is 1. The summed E-state index contributed by atoms with van der Waals surface area (Å²) in [6.07, 6.45) is 3.04. The maximum Gasteiger partial charge on any atom is 0.243 e. The lowest BCUT2D eigenvalue weighted by Crippen LogP contribution is -2.42. The molecule has 0 atom stereocenters. The molecule has 0 saturated carbocycles. The number of benzene rings is 2. The van der Waals surface area contributed by atoms with E-state index in [4.69, 9.17) is 0 Å². The first-order valence-corrected chi connectivity index (χ1v) is 12.0. The van der Waals surface area contributed by atoms with Crippen LogP contribution in [0.2, 0.25) is 0 Å². The quantitative estimate of drug-likeness (QED) is 0.730. The number of nitrogens with one attached hydrogen (secondary N) is 1. The molecule has 0 bridgehead atoms. The second-order valence-corrected chi connectivity index (χ2v) is 9.88. The van der Waals surface area contributed by atoms with Crippen LogP contribution in [-0.4, -0.2) is 38.0 Å². The Bertz CT molecular complexity index is 919. The zero-order chi connectivity index (χ0) is 20.1. The molecule has 0 aromatic heterocycles. The molecule has 2 aromatic rings. The van der Waals surface area contributed by atoms with Gasteiger partial charge in [-0.25, -0.2) is 8.42 Å². The van der Waals surface area contributed by atoms with Gasteiger partial charge in [0.05, 0.1) is 4.90 Å². The summed E-state index contributed by atoms with van der Waals surface area (Å²) < 4.78 is 27.1. The lowest BCUT2D eigenvalue weighted by atomic mass is 9.97. The van der Waals surface area contributed by atoms with Crippen LogP contribution in [-0.2, 0) is 21.4 Å². The Labute approximate surface area is 171 Å². The minimum Gasteiger partial charge on any atom is -0.352 e. The fourth-order valence-electron chi connectivity index (χ4n) is 3.41. The summed E-state index contributed by atoms with van der Waals surface area (Å²) in [6.45, 7) is 3.27. The molecule has 1 fully saturated rings. The Kier molecular flexibility index (Phi) is 6.80. The zero-order valence-corrected chi connectivity index (χ0v) is 17.9. The fraction of sp³-hybridized carbons (Fsp3) is 0.381. The number of aryl methyl sites for hydroxylation is 1. The summed E-state index contributed by atoms with van der Waals surface area (Å²) in [5, 5.41) is 2.98. The van der Waals surface area contributed by atoms with Gasteiger partial charge in [0, 0.05) is 30.4 Å². The van der Waals surface area contributed by atoms with Gasteiger partial charge in [0.15, 0.2) is 0 Å². The van der Waals surface area contributed by atoms with Crippen molar-refractivity contribution < 1.29 is 13.2 Å². The molecule has 1 saturated heterocycles. The van der Waals surface area contributed by atoms with Gasteiger partial charge in [-0.05, 0) is 55.9 Å². The number of amides is 1. The average Bonchev–Trinajstić information content (AvgIpc) is 2.72. The number of rotatable bonds is 6. The van der Waals surface area contributed by atoms with Crippen molar-refractivity contribution in [2.75, 3.05) is 19.3 Å². The van der Waals surface area contributed by atoms with Gasteiger partial charge in [0.2, 0.25) is 15.9 Å². The highest BCUT2D eigenvalue weighted by Gasteiger charge is 2.31. The van der Waals surface area contributed by atoms with E-state index in [2.05, 4.69) is 11.4 Å². The van der Waals surface area contributed by atoms with Gasteiger partial charge in [-0.2, -0.15) is 4.31 Å². The van der Waals surface area contributed by atoms with E-state index in [1.165, 1.54) is 4.31 Å². The number of hydrogen-bond donors (Lipinski definition) is 1. The Hall–Kier alpha value is -1.83. The van der Waals surface area contributed by atoms with Gasteiger partial charge in [-0.15, -0.1) is 11.8 Å². The molecule has 1 aliphatic heterocycles. The first kappa shape index (κ1) is 20.9. The third kappa shape index (κ3) is 4.96. The zero-order valence-electron chi connectivity index (χ0n) is 16.2. The minimum absolute atomic E-state index is 0.00266. The third-order valence-electron chi connectivity index (χ3n) is 5.07. The first-order chi connectivity index (χ1) is 13.4. The summed E-state index contributed by atoms with van der Waals surface area (Å²) >= 11 is 1.58. The van der Waals surface area contributed by atoms with Crippen LogP contribution in [0.25, 0.3) is 0 Å². The molecule has 0 spiro atoms. The molecular formula is C21H26N2O3S2. The first-order valence-electron chi connectivity index (χ1n) is 9.37. The van der Waals surface area contributed by atoms with Crippen molar-refractivity contribution in [3.63, 3.8) is 0 Å². The van der Waals surface area contributed by atoms with E-state index in [0.717, 1.165) is 16.0 Å². The molecular weight excluding hydrogens is 392 g/mol. The van der Waals surface area contributed by atoms with E-state index < -0.39 is 10.0 Å². The molecule has 1 amide bonds. The topological polar surface area (TPSA) is 66.5 Å². The van der Waals surface area contributed by atoms with Crippen molar-refractivity contribution in [3.05, 3.63) is 59.7 Å². The van der Waals surface area contributed by atoms with Crippen molar-refractivity contribution in [3.8, 4) is 0 Å². The number of piperidine rings is 1. The van der Waals surface area contributed by atoms with Gasteiger partial charge in [0.25, 0.3) is 0 Å². The van der Waals surface area contributed by atoms with Crippen molar-refractivity contribution >= 4 is 27.7 Å². The van der Waals surface area contributed by atoms with Gasteiger partial charge in [-0.3, -0.25) is 4.79 Å². The van der Waals surface area contributed by atoms with Crippen LogP contribution in [0.1, 0.15) is 24.0 Å². The molecule has 2 aromatic carbocycles. The van der Waals surface area contributed by atoms with E-state index in [9.17, 15) is 13.2 Å². The van der Waals surface area contributed by atoms with Gasteiger partial charge < -0.3 is 5.32 Å². The van der Waals surface area contributed by atoms with Crippen LogP contribution in [0.3, 0.4) is 0 Å². The van der Waals surface area contributed by atoms with Crippen molar-refractivity contribution in [1.29, 1.82) is 0 Å². The average molecular weight is 419 g/mol. The molecule has 3 rings (SSSR count). The summed E-state index contributed by atoms with van der Waals surface area (Å²) in [4.78, 5) is 13.8. The van der Waals surface area contributed by atoms with E-state index in [1.807, 2.05) is 43.5 Å². The number of carbonyl (C=O) groups excluding carboxylic acids is 1. The van der Waals surface area contributed by atoms with E-state index in [0.29, 0.717) is 37.4 Å². The lowest BCUT2D eigenvalue weighted by molar-refractivity contribution is -0.126. The maximum atomic E-state index is 12.8. The van der Waals surface area contributed by atoms with Crippen LogP contribution in [0, 0.1) is 12.8 Å². The fourth-order valence-corrected chi connectivity index (χ4v) is 5.29. The predicted octanol–water partition coefficient (Wildman–Crippen LogP) is 3.43. The van der Waals surface area contributed by atoms with Crippen LogP contribution >= 0.6 is 11.8 Å². The highest BCUT2D eigenvalue weighted by atomic mass is 32.2. The predicted molar refractivity (Wildman–Crippen MR) is 113 cm³/mol. The van der Waals surface area contributed by atoms with E-state index in [1.54, 1.807) is 23.9 Å². The molecule has 7 heteroatoms. The monoisotopic (exact) mass is 418 g/mol. The third-order valence-corrected chi connectivity index (χ3v) is 7.73. The number of nitrogens with zero attached hydrogens (tertiary/aromatic N) is 1. The van der Waals surface area contributed by atoms with E-state index >= 15 is 0 Å². The molecule has 0 unspecified atom stereocenters. The Balaban J connectivity index is 1.55. The number of thioether (sulfide) groups is 1. The molecule has 150 valence electrons. The molecule has 28 heavy (non-hydrogen) atoms. The highest BCUT2D eigenvalue weighted by Crippen LogP contribution is 2.25. The van der Waals surface area contributed by atoms with Crippen molar-refractivity contribution in [2.45, 2.75) is 36.1 Å². The number of hydrogen-bond acceptors (Lipinski definition) is 4. The summed E-state index contributed by atoms with van der Waals surface area (Å²) in [5.41, 5.74) is 2.23. The summed E-state index contributed by atoms with van der Waals surface area (Å²) in [5.74, 6) is -0.141.